The van der Waals surface area contributed by atoms with Crippen molar-refractivity contribution in [2.75, 3.05) is 0 Å². The Morgan fingerprint density at radius 1 is 1.10 bits per heavy atom. The molecule has 0 aliphatic carbocycles. The van der Waals surface area contributed by atoms with E-state index >= 15 is 0 Å². The number of aromatic amines is 1. The summed E-state index contributed by atoms with van der Waals surface area (Å²) < 4.78 is 0. The molecule has 21 heavy (non-hydrogen) atoms. The summed E-state index contributed by atoms with van der Waals surface area (Å²) in [5.74, 6) is 1.08. The molecule has 7 heteroatoms. The van der Waals surface area contributed by atoms with Crippen LogP contribution in [0.15, 0.2) is 48.5 Å². The van der Waals surface area contributed by atoms with Crippen molar-refractivity contribution in [1.82, 2.24) is 15.2 Å². The van der Waals surface area contributed by atoms with Crippen LogP contribution in [-0.4, -0.2) is 25.2 Å². The van der Waals surface area contributed by atoms with Crippen molar-refractivity contribution >= 4 is 5.69 Å². The van der Waals surface area contributed by atoms with Gasteiger partial charge in [0.2, 0.25) is 0 Å². The highest BCUT2D eigenvalue weighted by atomic mass is 16.6. The van der Waals surface area contributed by atoms with Crippen LogP contribution in [0.2, 0.25) is 0 Å². The number of H-pyrrole nitrogens is 1. The van der Waals surface area contributed by atoms with Gasteiger partial charge in [0, 0.05) is 23.3 Å². The summed E-state index contributed by atoms with van der Waals surface area (Å²) in [5, 5.41) is 26.9. The molecule has 0 fully saturated rings. The van der Waals surface area contributed by atoms with Crippen molar-refractivity contribution in [1.29, 1.82) is 0 Å². The highest BCUT2D eigenvalue weighted by Crippen LogP contribution is 2.23. The second-order valence-corrected chi connectivity index (χ2v) is 4.36. The number of hydrogen-bond donors (Lipinski definition) is 2. The van der Waals surface area contributed by atoms with E-state index in [-0.39, 0.29) is 11.4 Å². The Labute approximate surface area is 119 Å². The predicted molar refractivity (Wildman–Crippen MR) is 75.6 cm³/mol. The maximum atomic E-state index is 10.6. The molecular formula is C14H10N4O3. The van der Waals surface area contributed by atoms with E-state index in [1.54, 1.807) is 36.4 Å². The molecule has 0 atom stereocenters. The highest BCUT2D eigenvalue weighted by Gasteiger charge is 2.10. The van der Waals surface area contributed by atoms with E-state index in [1.165, 1.54) is 12.1 Å². The smallest absolute Gasteiger partial charge is 0.269 e. The van der Waals surface area contributed by atoms with Crippen LogP contribution in [0.25, 0.3) is 22.8 Å². The number of hydrogen-bond acceptors (Lipinski definition) is 5. The second-order valence-electron chi connectivity index (χ2n) is 4.36. The number of rotatable bonds is 3. The monoisotopic (exact) mass is 282 g/mol. The summed E-state index contributed by atoms with van der Waals surface area (Å²) in [5.41, 5.74) is 1.39. The normalized spacial score (nSPS) is 10.5. The van der Waals surface area contributed by atoms with Gasteiger partial charge in [-0.15, -0.1) is 0 Å². The Morgan fingerprint density at radius 3 is 2.52 bits per heavy atom. The van der Waals surface area contributed by atoms with E-state index < -0.39 is 4.92 Å². The van der Waals surface area contributed by atoms with E-state index in [1.807, 2.05) is 0 Å². The maximum Gasteiger partial charge on any atom is 0.269 e. The molecule has 2 N–H and O–H groups in total. The quantitative estimate of drug-likeness (QED) is 0.567. The van der Waals surface area contributed by atoms with E-state index in [2.05, 4.69) is 15.2 Å². The molecule has 1 heterocycles. The number of aromatic hydroxyl groups is 1. The van der Waals surface area contributed by atoms with E-state index in [9.17, 15) is 15.2 Å². The number of non-ortho nitro benzene ring substituents is 1. The molecule has 0 saturated carbocycles. The highest BCUT2D eigenvalue weighted by molar-refractivity contribution is 5.63. The molecule has 0 saturated heterocycles. The molecule has 2 aromatic carbocycles. The van der Waals surface area contributed by atoms with Gasteiger partial charge in [0.05, 0.1) is 4.92 Å². The van der Waals surface area contributed by atoms with Crippen molar-refractivity contribution in [3.05, 3.63) is 58.6 Å². The average Bonchev–Trinajstić information content (AvgIpc) is 2.97. The van der Waals surface area contributed by atoms with Crippen LogP contribution in [0.4, 0.5) is 5.69 Å². The van der Waals surface area contributed by atoms with Crippen molar-refractivity contribution in [3.63, 3.8) is 0 Å². The molecule has 0 unspecified atom stereocenters. The molecular weight excluding hydrogens is 272 g/mol. The van der Waals surface area contributed by atoms with Gasteiger partial charge in [0.15, 0.2) is 11.6 Å². The van der Waals surface area contributed by atoms with Crippen LogP contribution < -0.4 is 0 Å². The number of nitro benzene ring substituents is 1. The number of aromatic nitrogens is 3. The summed E-state index contributed by atoms with van der Waals surface area (Å²) in [4.78, 5) is 14.5. The fourth-order valence-corrected chi connectivity index (χ4v) is 1.91. The van der Waals surface area contributed by atoms with Crippen LogP contribution in [-0.2, 0) is 0 Å². The van der Waals surface area contributed by atoms with Gasteiger partial charge < -0.3 is 5.11 Å². The molecule has 0 aliphatic rings. The molecule has 0 amide bonds. The Morgan fingerprint density at radius 2 is 1.86 bits per heavy atom. The topological polar surface area (TPSA) is 105 Å². The van der Waals surface area contributed by atoms with Gasteiger partial charge in [-0.25, -0.2) is 4.98 Å². The van der Waals surface area contributed by atoms with Crippen molar-refractivity contribution < 1.29 is 10.0 Å². The molecule has 1 aromatic heterocycles. The molecule has 0 spiro atoms. The third kappa shape index (κ3) is 2.57. The minimum atomic E-state index is -0.456. The number of phenolic OH excluding ortho intramolecular Hbond substituents is 1. The third-order valence-electron chi connectivity index (χ3n) is 2.94. The summed E-state index contributed by atoms with van der Waals surface area (Å²) in [6, 6.07) is 12.6. The zero-order chi connectivity index (χ0) is 14.8. The molecule has 3 aromatic rings. The van der Waals surface area contributed by atoms with Crippen molar-refractivity contribution in [2.24, 2.45) is 0 Å². The molecule has 7 nitrogen and oxygen atoms in total. The molecule has 104 valence electrons. The predicted octanol–water partition coefficient (Wildman–Crippen LogP) is 2.75. The minimum Gasteiger partial charge on any atom is -0.508 e. The number of nitro groups is 1. The zero-order valence-corrected chi connectivity index (χ0v) is 10.7. The fourth-order valence-electron chi connectivity index (χ4n) is 1.91. The lowest BCUT2D eigenvalue weighted by molar-refractivity contribution is -0.384. The summed E-state index contributed by atoms with van der Waals surface area (Å²) in [6.07, 6.45) is 0. The Bertz CT molecular complexity index is 796. The number of nitrogens with one attached hydrogen (secondary N) is 1. The standard InChI is InChI=1S/C14H10N4O3/c19-12-3-1-2-10(8-12)14-15-13(16-17-14)9-4-6-11(7-5-9)18(20)21/h1-8,19H,(H,15,16,17). The number of nitrogens with zero attached hydrogens (tertiary/aromatic N) is 3. The average molecular weight is 282 g/mol. The summed E-state index contributed by atoms with van der Waals surface area (Å²) in [6.45, 7) is 0. The van der Waals surface area contributed by atoms with Gasteiger partial charge in [0.25, 0.3) is 5.69 Å². The van der Waals surface area contributed by atoms with Gasteiger partial charge in [-0.05, 0) is 24.3 Å². The van der Waals surface area contributed by atoms with E-state index in [0.717, 1.165) is 0 Å². The van der Waals surface area contributed by atoms with E-state index in [4.69, 9.17) is 0 Å². The third-order valence-corrected chi connectivity index (χ3v) is 2.94. The Hall–Kier alpha value is -3.22. The first-order chi connectivity index (χ1) is 10.1. The van der Waals surface area contributed by atoms with Gasteiger partial charge >= 0.3 is 0 Å². The van der Waals surface area contributed by atoms with Crippen LogP contribution in [0.3, 0.4) is 0 Å². The lowest BCUT2D eigenvalue weighted by Crippen LogP contribution is -1.87. The maximum absolute atomic E-state index is 10.6. The number of benzene rings is 2. The molecule has 3 rings (SSSR count). The van der Waals surface area contributed by atoms with Crippen LogP contribution >= 0.6 is 0 Å². The van der Waals surface area contributed by atoms with Crippen LogP contribution in [0.1, 0.15) is 0 Å². The van der Waals surface area contributed by atoms with Gasteiger partial charge in [-0.2, -0.15) is 5.10 Å². The Kier molecular flexibility index (Phi) is 3.07. The SMILES string of the molecule is O=[N+]([O-])c1ccc(-c2nc(-c3cccc(O)c3)n[nH]2)cc1. The van der Waals surface area contributed by atoms with Crippen molar-refractivity contribution in [3.8, 4) is 28.5 Å². The largest absolute Gasteiger partial charge is 0.508 e. The van der Waals surface area contributed by atoms with E-state index in [0.29, 0.717) is 22.8 Å². The first-order valence-electron chi connectivity index (χ1n) is 6.10. The summed E-state index contributed by atoms with van der Waals surface area (Å²) in [7, 11) is 0. The minimum absolute atomic E-state index is 0.0199. The lowest BCUT2D eigenvalue weighted by atomic mass is 10.2. The second kappa shape index (κ2) is 5.04. The lowest BCUT2D eigenvalue weighted by Gasteiger charge is -1.96. The van der Waals surface area contributed by atoms with Gasteiger partial charge in [-0.3, -0.25) is 15.2 Å². The van der Waals surface area contributed by atoms with Crippen LogP contribution in [0, 0.1) is 10.1 Å². The first-order valence-corrected chi connectivity index (χ1v) is 6.10. The fraction of sp³-hybridized carbons (Fsp3) is 0. The molecule has 0 radical (unpaired) electrons. The van der Waals surface area contributed by atoms with Crippen molar-refractivity contribution in [2.45, 2.75) is 0 Å². The van der Waals surface area contributed by atoms with Gasteiger partial charge in [0.1, 0.15) is 5.75 Å². The Balaban J connectivity index is 1.93. The zero-order valence-electron chi connectivity index (χ0n) is 10.7. The molecule has 0 bridgehead atoms. The molecule has 0 aliphatic heterocycles. The summed E-state index contributed by atoms with van der Waals surface area (Å²) >= 11 is 0. The van der Waals surface area contributed by atoms with Crippen LogP contribution in [0.5, 0.6) is 5.75 Å². The number of phenols is 1. The first kappa shape index (κ1) is 12.8. The van der Waals surface area contributed by atoms with Gasteiger partial charge in [-0.1, -0.05) is 12.1 Å².